The number of hydrogen-bond acceptors (Lipinski definition) is 1. The van der Waals surface area contributed by atoms with Gasteiger partial charge in [0.15, 0.2) is 0 Å². The Morgan fingerprint density at radius 3 is 2.12 bits per heavy atom. The number of nitrogens with zero attached hydrogens (tertiary/aromatic N) is 1. The maximum Gasteiger partial charge on any atom is -0.00159 e. The van der Waals surface area contributed by atoms with Crippen molar-refractivity contribution in [2.24, 2.45) is 17.3 Å². The lowest BCUT2D eigenvalue weighted by Gasteiger charge is -2.38. The molecule has 1 nitrogen and oxygen atoms in total. The summed E-state index contributed by atoms with van der Waals surface area (Å²) < 4.78 is 0. The SMILES string of the molecule is CC(C)CCCN1CCC(C(C)(C)C)CC1. The number of hydrogen-bond donors (Lipinski definition) is 0. The third-order valence-electron chi connectivity index (χ3n) is 4.07. The van der Waals surface area contributed by atoms with Crippen LogP contribution >= 0.6 is 0 Å². The average molecular weight is 225 g/mol. The van der Waals surface area contributed by atoms with E-state index < -0.39 is 0 Å². The normalized spacial score (nSPS) is 20.6. The lowest BCUT2D eigenvalue weighted by Crippen LogP contribution is -2.38. The summed E-state index contributed by atoms with van der Waals surface area (Å²) in [6, 6.07) is 0. The molecule has 1 heterocycles. The van der Waals surface area contributed by atoms with Gasteiger partial charge in [-0.15, -0.1) is 0 Å². The van der Waals surface area contributed by atoms with Crippen LogP contribution in [0.4, 0.5) is 0 Å². The molecule has 1 aliphatic heterocycles. The van der Waals surface area contributed by atoms with Crippen LogP contribution in [0.15, 0.2) is 0 Å². The Kier molecular flexibility index (Phi) is 5.30. The molecule has 0 unspecified atom stereocenters. The minimum atomic E-state index is 0.518. The van der Waals surface area contributed by atoms with Gasteiger partial charge in [-0.2, -0.15) is 0 Å². The molecule has 1 aliphatic rings. The fraction of sp³-hybridized carbons (Fsp3) is 1.00. The number of likely N-dealkylation sites (tertiary alicyclic amines) is 1. The van der Waals surface area contributed by atoms with Crippen LogP contribution in [0, 0.1) is 17.3 Å². The predicted molar refractivity (Wildman–Crippen MR) is 72.7 cm³/mol. The molecular formula is C15H31N. The lowest BCUT2D eigenvalue weighted by molar-refractivity contribution is 0.110. The third kappa shape index (κ3) is 4.86. The van der Waals surface area contributed by atoms with E-state index in [2.05, 4.69) is 39.5 Å². The van der Waals surface area contributed by atoms with Crippen molar-refractivity contribution >= 4 is 0 Å². The van der Waals surface area contributed by atoms with E-state index in [-0.39, 0.29) is 0 Å². The van der Waals surface area contributed by atoms with Gasteiger partial charge in [-0.25, -0.2) is 0 Å². The quantitative estimate of drug-likeness (QED) is 0.694. The van der Waals surface area contributed by atoms with E-state index in [4.69, 9.17) is 0 Å². The molecule has 0 bridgehead atoms. The van der Waals surface area contributed by atoms with Gasteiger partial charge in [-0.1, -0.05) is 34.6 Å². The molecule has 0 aromatic carbocycles. The Morgan fingerprint density at radius 1 is 1.12 bits per heavy atom. The van der Waals surface area contributed by atoms with Crippen molar-refractivity contribution in [2.75, 3.05) is 19.6 Å². The fourth-order valence-electron chi connectivity index (χ4n) is 2.75. The molecule has 1 heteroatoms. The van der Waals surface area contributed by atoms with Crippen molar-refractivity contribution in [3.63, 3.8) is 0 Å². The smallest absolute Gasteiger partial charge is 0.00159 e. The van der Waals surface area contributed by atoms with E-state index in [1.54, 1.807) is 0 Å². The van der Waals surface area contributed by atoms with Crippen molar-refractivity contribution in [3.8, 4) is 0 Å². The van der Waals surface area contributed by atoms with E-state index >= 15 is 0 Å². The highest BCUT2D eigenvalue weighted by Gasteiger charge is 2.28. The van der Waals surface area contributed by atoms with Crippen molar-refractivity contribution in [3.05, 3.63) is 0 Å². The first-order valence-electron chi connectivity index (χ1n) is 7.12. The van der Waals surface area contributed by atoms with Crippen LogP contribution in [0.5, 0.6) is 0 Å². The van der Waals surface area contributed by atoms with Crippen LogP contribution in [0.25, 0.3) is 0 Å². The van der Waals surface area contributed by atoms with Crippen LogP contribution in [0.2, 0.25) is 0 Å². The van der Waals surface area contributed by atoms with Gasteiger partial charge in [0.1, 0.15) is 0 Å². The van der Waals surface area contributed by atoms with E-state index in [1.165, 1.54) is 45.3 Å². The molecule has 0 saturated carbocycles. The Bertz CT molecular complexity index is 182. The Labute approximate surface area is 103 Å². The summed E-state index contributed by atoms with van der Waals surface area (Å²) in [5.41, 5.74) is 0.518. The lowest BCUT2D eigenvalue weighted by atomic mass is 9.75. The third-order valence-corrected chi connectivity index (χ3v) is 4.07. The maximum absolute atomic E-state index is 2.67. The molecule has 0 aromatic heterocycles. The molecular weight excluding hydrogens is 194 g/mol. The monoisotopic (exact) mass is 225 g/mol. The van der Waals surface area contributed by atoms with Gasteiger partial charge >= 0.3 is 0 Å². The van der Waals surface area contributed by atoms with E-state index in [9.17, 15) is 0 Å². The van der Waals surface area contributed by atoms with Crippen LogP contribution in [0.1, 0.15) is 60.3 Å². The zero-order valence-electron chi connectivity index (χ0n) is 12.1. The molecule has 1 rings (SSSR count). The van der Waals surface area contributed by atoms with Gasteiger partial charge < -0.3 is 4.90 Å². The van der Waals surface area contributed by atoms with Crippen LogP contribution in [-0.4, -0.2) is 24.5 Å². The summed E-state index contributed by atoms with van der Waals surface area (Å²) in [5.74, 6) is 1.81. The molecule has 96 valence electrons. The Morgan fingerprint density at radius 2 is 1.69 bits per heavy atom. The molecule has 1 fully saturated rings. The van der Waals surface area contributed by atoms with E-state index in [0.717, 1.165) is 11.8 Å². The number of piperidine rings is 1. The molecule has 0 aliphatic carbocycles. The molecule has 0 aromatic rings. The summed E-state index contributed by atoms with van der Waals surface area (Å²) in [5, 5.41) is 0. The van der Waals surface area contributed by atoms with Crippen molar-refractivity contribution in [1.82, 2.24) is 4.90 Å². The summed E-state index contributed by atoms with van der Waals surface area (Å²) in [6.45, 7) is 15.8. The highest BCUT2D eigenvalue weighted by atomic mass is 15.1. The summed E-state index contributed by atoms with van der Waals surface area (Å²) in [7, 11) is 0. The fourth-order valence-corrected chi connectivity index (χ4v) is 2.75. The summed E-state index contributed by atoms with van der Waals surface area (Å²) >= 11 is 0. The Balaban J connectivity index is 2.17. The Hall–Kier alpha value is -0.0400. The van der Waals surface area contributed by atoms with Gasteiger partial charge in [-0.3, -0.25) is 0 Å². The van der Waals surface area contributed by atoms with Crippen molar-refractivity contribution in [1.29, 1.82) is 0 Å². The first kappa shape index (κ1) is 14.0. The topological polar surface area (TPSA) is 3.24 Å². The van der Waals surface area contributed by atoms with E-state index in [0.29, 0.717) is 5.41 Å². The van der Waals surface area contributed by atoms with E-state index in [1.807, 2.05) is 0 Å². The summed E-state index contributed by atoms with van der Waals surface area (Å²) in [4.78, 5) is 2.67. The first-order chi connectivity index (χ1) is 7.39. The van der Waals surface area contributed by atoms with Crippen LogP contribution < -0.4 is 0 Å². The largest absolute Gasteiger partial charge is 0.303 e. The van der Waals surface area contributed by atoms with Gasteiger partial charge in [0, 0.05) is 0 Å². The molecule has 0 atom stereocenters. The second-order valence-electron chi connectivity index (χ2n) is 7.02. The maximum atomic E-state index is 2.67. The van der Waals surface area contributed by atoms with Crippen LogP contribution in [0.3, 0.4) is 0 Å². The molecule has 1 saturated heterocycles. The second-order valence-corrected chi connectivity index (χ2v) is 7.02. The molecule has 0 amide bonds. The van der Waals surface area contributed by atoms with Crippen molar-refractivity contribution in [2.45, 2.75) is 60.3 Å². The standard InChI is InChI=1S/C15H31N/c1-13(2)7-6-10-16-11-8-14(9-12-16)15(3,4)5/h13-14H,6-12H2,1-5H3. The number of rotatable bonds is 4. The molecule has 0 spiro atoms. The zero-order valence-corrected chi connectivity index (χ0v) is 12.1. The highest BCUT2D eigenvalue weighted by molar-refractivity contribution is 4.80. The summed E-state index contributed by atoms with van der Waals surface area (Å²) in [6.07, 6.45) is 5.59. The van der Waals surface area contributed by atoms with Gasteiger partial charge in [0.05, 0.1) is 0 Å². The predicted octanol–water partition coefficient (Wildman–Crippen LogP) is 4.18. The zero-order chi connectivity index (χ0) is 12.2. The minimum absolute atomic E-state index is 0.518. The van der Waals surface area contributed by atoms with Gasteiger partial charge in [-0.05, 0) is 62.6 Å². The molecule has 16 heavy (non-hydrogen) atoms. The second kappa shape index (κ2) is 6.05. The molecule has 0 radical (unpaired) electrons. The van der Waals surface area contributed by atoms with Crippen LogP contribution in [-0.2, 0) is 0 Å². The van der Waals surface area contributed by atoms with Crippen molar-refractivity contribution < 1.29 is 0 Å². The molecule has 0 N–H and O–H groups in total. The van der Waals surface area contributed by atoms with Gasteiger partial charge in [0.25, 0.3) is 0 Å². The highest BCUT2D eigenvalue weighted by Crippen LogP contribution is 2.34. The first-order valence-corrected chi connectivity index (χ1v) is 7.12. The minimum Gasteiger partial charge on any atom is -0.303 e. The van der Waals surface area contributed by atoms with Gasteiger partial charge in [0.2, 0.25) is 0 Å². The average Bonchev–Trinajstić information content (AvgIpc) is 2.16.